The fourth-order valence-corrected chi connectivity index (χ4v) is 8.15. The van der Waals surface area contributed by atoms with Crippen LogP contribution in [0.15, 0.2) is 91.2 Å². The molecule has 1 amide bonds. The number of hydrogen-bond donors (Lipinski definition) is 3. The van der Waals surface area contributed by atoms with Crippen molar-refractivity contribution < 1.29 is 53.1 Å². The highest BCUT2D eigenvalue weighted by molar-refractivity contribution is 5.94. The van der Waals surface area contributed by atoms with E-state index in [4.69, 9.17) is 33.6 Å². The van der Waals surface area contributed by atoms with Crippen molar-refractivity contribution in [2.75, 3.05) is 19.8 Å². The monoisotopic (exact) mass is 756 g/mol. The third-order valence-electron chi connectivity index (χ3n) is 10.5. The number of benzene rings is 3. The van der Waals surface area contributed by atoms with E-state index in [1.807, 2.05) is 84.9 Å². The largest absolute Gasteiger partial charge is 0.499 e. The second-order valence-corrected chi connectivity index (χ2v) is 15.3. The van der Waals surface area contributed by atoms with Crippen molar-refractivity contribution in [3.63, 3.8) is 0 Å². The molecule has 3 aromatic carbocycles. The van der Waals surface area contributed by atoms with E-state index in [-0.39, 0.29) is 39.0 Å². The van der Waals surface area contributed by atoms with Gasteiger partial charge < -0.3 is 39.2 Å². The summed E-state index contributed by atoms with van der Waals surface area (Å²) < 4.78 is 31.0. The molecule has 0 aromatic heterocycles. The van der Waals surface area contributed by atoms with Crippen molar-refractivity contribution in [3.8, 4) is 0 Å². The molecule has 1 saturated carbocycles. The van der Waals surface area contributed by atoms with Crippen molar-refractivity contribution in [1.82, 2.24) is 10.4 Å². The molecule has 0 radical (unpaired) electrons. The van der Waals surface area contributed by atoms with Crippen molar-refractivity contribution in [3.05, 3.63) is 113 Å². The standard InChI is InChI=1S/C42H48N2O11/c1-40(2,3)52-33(47)19-18-31(26-46)43-39(49)41-24-32-34-35(54-42(53-34,29-14-6-4-7-15-29)30-16-8-5-9-17-30)37(41)55-44(36(41)38(48)51-32)25-28-13-11-10-12-27(28)20-22-50-23-21-45/h4-17,20,22,31-32,34-37,45-46H,18-19,21,23-26H2,1-3H3,(H,43,49)/t31-,32+,34-,35-,36-,37+,41-/m0/s1. The highest BCUT2D eigenvalue weighted by Crippen LogP contribution is 2.59. The predicted molar refractivity (Wildman–Crippen MR) is 197 cm³/mol. The van der Waals surface area contributed by atoms with Crippen LogP contribution in [0.5, 0.6) is 0 Å². The van der Waals surface area contributed by atoms with Crippen LogP contribution in [0.1, 0.15) is 62.3 Å². The van der Waals surface area contributed by atoms with Gasteiger partial charge >= 0.3 is 11.9 Å². The van der Waals surface area contributed by atoms with Crippen molar-refractivity contribution in [1.29, 1.82) is 0 Å². The normalized spacial score (nSPS) is 27.3. The molecule has 13 heteroatoms. The first kappa shape index (κ1) is 38.6. The molecule has 2 bridgehead atoms. The van der Waals surface area contributed by atoms with Crippen LogP contribution in [0.25, 0.3) is 6.08 Å². The molecule has 3 N–H and O–H groups in total. The Kier molecular flexibility index (Phi) is 11.1. The Labute approximate surface area is 320 Å². The van der Waals surface area contributed by atoms with Gasteiger partial charge in [0, 0.05) is 24.0 Å². The number of ether oxygens (including phenoxy) is 5. The third-order valence-corrected chi connectivity index (χ3v) is 10.5. The van der Waals surface area contributed by atoms with Crippen LogP contribution < -0.4 is 5.32 Å². The second-order valence-electron chi connectivity index (χ2n) is 15.3. The van der Waals surface area contributed by atoms with Gasteiger partial charge in [0.05, 0.1) is 32.1 Å². The second kappa shape index (κ2) is 15.8. The maximum atomic E-state index is 14.9. The highest BCUT2D eigenvalue weighted by atomic mass is 16.8. The summed E-state index contributed by atoms with van der Waals surface area (Å²) >= 11 is 0. The Bertz CT molecular complexity index is 1830. The highest BCUT2D eigenvalue weighted by Gasteiger charge is 2.76. The fourth-order valence-electron chi connectivity index (χ4n) is 8.15. The van der Waals surface area contributed by atoms with Crippen LogP contribution >= 0.6 is 0 Å². The van der Waals surface area contributed by atoms with Crippen molar-refractivity contribution in [2.45, 2.75) is 94.5 Å². The lowest BCUT2D eigenvalue weighted by molar-refractivity contribution is -0.213. The third kappa shape index (κ3) is 7.52. The van der Waals surface area contributed by atoms with Gasteiger partial charge in [-0.15, -0.1) is 0 Å². The number of carbonyl (C=O) groups is 3. The zero-order valence-electron chi connectivity index (χ0n) is 31.2. The summed E-state index contributed by atoms with van der Waals surface area (Å²) in [5, 5.41) is 24.0. The van der Waals surface area contributed by atoms with Gasteiger partial charge in [0.15, 0.2) is 6.04 Å². The van der Waals surface area contributed by atoms with E-state index < -0.39 is 77.8 Å². The van der Waals surface area contributed by atoms with Gasteiger partial charge in [-0.3, -0.25) is 19.2 Å². The zero-order valence-corrected chi connectivity index (χ0v) is 31.2. The minimum atomic E-state index is -1.54. The van der Waals surface area contributed by atoms with E-state index in [1.165, 1.54) is 11.3 Å². The Morgan fingerprint density at radius 1 is 0.964 bits per heavy atom. The van der Waals surface area contributed by atoms with Crippen LogP contribution in [-0.4, -0.2) is 95.0 Å². The molecule has 292 valence electrons. The number of aliphatic hydroxyl groups is 2. The molecule has 3 aromatic rings. The molecule has 1 aliphatic carbocycles. The number of nitrogens with one attached hydrogen (secondary N) is 1. The number of hydrogen-bond acceptors (Lipinski definition) is 12. The summed E-state index contributed by atoms with van der Waals surface area (Å²) in [6.45, 7) is 4.94. The molecule has 0 unspecified atom stereocenters. The SMILES string of the molecule is CC(C)(C)OC(=O)CC[C@@H](CO)NC(=O)[C@@]12C[C@H]3OC(=O)[C@@H]1N(Cc1ccccc1C=COCCO)O[C@@H]2[C@H]1OC(c2ccccc2)(c2ccccc2)O[C@H]13. The minimum absolute atomic E-state index is 0.0411. The van der Waals surface area contributed by atoms with Gasteiger partial charge in [-0.05, 0) is 44.4 Å². The number of carbonyl (C=O) groups excluding carboxylic acids is 3. The molecule has 3 saturated heterocycles. The van der Waals surface area contributed by atoms with Gasteiger partial charge in [0.1, 0.15) is 42.0 Å². The van der Waals surface area contributed by atoms with Crippen LogP contribution in [0.2, 0.25) is 0 Å². The van der Waals surface area contributed by atoms with E-state index >= 15 is 0 Å². The molecule has 0 spiro atoms. The van der Waals surface area contributed by atoms with Crippen LogP contribution in [0.3, 0.4) is 0 Å². The van der Waals surface area contributed by atoms with Crippen molar-refractivity contribution in [2.24, 2.45) is 5.41 Å². The van der Waals surface area contributed by atoms with E-state index in [9.17, 15) is 19.5 Å². The Hall–Kier alpha value is -4.63. The molecule has 3 aliphatic heterocycles. The van der Waals surface area contributed by atoms with Crippen molar-refractivity contribution >= 4 is 23.9 Å². The van der Waals surface area contributed by atoms with E-state index in [2.05, 4.69) is 5.32 Å². The first-order chi connectivity index (χ1) is 26.5. The zero-order chi connectivity index (χ0) is 38.8. The smallest absolute Gasteiger partial charge is 0.327 e. The van der Waals surface area contributed by atoms with E-state index in [0.717, 1.165) is 11.1 Å². The Morgan fingerprint density at radius 2 is 1.62 bits per heavy atom. The van der Waals surface area contributed by atoms with Gasteiger partial charge in [-0.2, -0.15) is 5.06 Å². The Balaban J connectivity index is 1.26. The number of esters is 2. The first-order valence-corrected chi connectivity index (χ1v) is 18.7. The summed E-state index contributed by atoms with van der Waals surface area (Å²) in [7, 11) is 0. The fraction of sp³-hybridized carbons (Fsp3) is 0.452. The average molecular weight is 757 g/mol. The lowest BCUT2D eigenvalue weighted by Gasteiger charge is -2.49. The van der Waals surface area contributed by atoms with Crippen LogP contribution in [0.4, 0.5) is 0 Å². The number of rotatable bonds is 14. The molecule has 3 heterocycles. The number of fused-ring (bicyclic) bond motifs is 4. The van der Waals surface area contributed by atoms with Crippen LogP contribution in [0, 0.1) is 5.41 Å². The lowest BCUT2D eigenvalue weighted by Crippen LogP contribution is -2.70. The molecule has 7 atom stereocenters. The molecule has 4 aliphatic rings. The summed E-state index contributed by atoms with van der Waals surface area (Å²) in [5.74, 6) is -3.06. The number of hydroxylamine groups is 2. The maximum absolute atomic E-state index is 14.9. The molecule has 7 rings (SSSR count). The molecule has 13 nitrogen and oxygen atoms in total. The molecule has 55 heavy (non-hydrogen) atoms. The molecule has 4 fully saturated rings. The summed E-state index contributed by atoms with van der Waals surface area (Å²) in [6, 6.07) is 24.4. The Morgan fingerprint density at radius 3 is 2.27 bits per heavy atom. The minimum Gasteiger partial charge on any atom is -0.499 e. The number of nitrogens with zero attached hydrogens (tertiary/aromatic N) is 1. The first-order valence-electron chi connectivity index (χ1n) is 18.7. The van der Waals surface area contributed by atoms with Gasteiger partial charge in [-0.1, -0.05) is 84.9 Å². The van der Waals surface area contributed by atoms with E-state index in [1.54, 1.807) is 26.8 Å². The predicted octanol–water partition coefficient (Wildman–Crippen LogP) is 3.75. The maximum Gasteiger partial charge on any atom is 0.327 e. The topological polar surface area (TPSA) is 162 Å². The number of amides is 1. The van der Waals surface area contributed by atoms with Gasteiger partial charge in [0.25, 0.3) is 0 Å². The van der Waals surface area contributed by atoms with Gasteiger partial charge in [-0.25, -0.2) is 0 Å². The summed E-state index contributed by atoms with van der Waals surface area (Å²) in [4.78, 5) is 48.6. The lowest BCUT2D eigenvalue weighted by atomic mass is 9.62. The summed E-state index contributed by atoms with van der Waals surface area (Å²) in [6.07, 6.45) is -0.235. The quantitative estimate of drug-likeness (QED) is 0.124. The molecular weight excluding hydrogens is 708 g/mol. The molecular formula is C42H48N2O11. The summed E-state index contributed by atoms with van der Waals surface area (Å²) in [5.41, 5.74) is 0.739. The van der Waals surface area contributed by atoms with E-state index in [0.29, 0.717) is 11.1 Å². The number of aliphatic hydroxyl groups excluding tert-OH is 2. The van der Waals surface area contributed by atoms with Crippen LogP contribution in [-0.2, 0) is 55.2 Å². The average Bonchev–Trinajstić information content (AvgIpc) is 3.75. The van der Waals surface area contributed by atoms with Gasteiger partial charge in [0.2, 0.25) is 11.7 Å².